The van der Waals surface area contributed by atoms with E-state index in [1.165, 1.54) is 0 Å². The molecule has 4 heteroatoms. The van der Waals surface area contributed by atoms with Crippen molar-refractivity contribution in [3.8, 4) is 11.8 Å². The van der Waals surface area contributed by atoms with Crippen LogP contribution in [0.5, 0.6) is 0 Å². The predicted molar refractivity (Wildman–Crippen MR) is 75.1 cm³/mol. The molecule has 0 spiro atoms. The first kappa shape index (κ1) is 15.6. The summed E-state index contributed by atoms with van der Waals surface area (Å²) in [5.74, 6) is 7.37. The number of hydrogen-bond acceptors (Lipinski definition) is 2. The molecular formula is C14H18Cl2O2. The third kappa shape index (κ3) is 4.31. The number of ketones is 1. The van der Waals surface area contributed by atoms with Gasteiger partial charge >= 0.3 is 0 Å². The molecule has 1 rings (SSSR count). The van der Waals surface area contributed by atoms with E-state index in [4.69, 9.17) is 27.9 Å². The topological polar surface area (TPSA) is 26.3 Å². The van der Waals surface area contributed by atoms with Crippen molar-refractivity contribution in [2.45, 2.75) is 37.7 Å². The molecule has 0 aromatic rings. The van der Waals surface area contributed by atoms with Gasteiger partial charge in [0.1, 0.15) is 0 Å². The predicted octanol–water partition coefficient (Wildman–Crippen LogP) is 3.31. The summed E-state index contributed by atoms with van der Waals surface area (Å²) < 4.78 is 5.42. The Kier molecular flexibility index (Phi) is 6.78. The molecule has 0 aromatic heterocycles. The Labute approximate surface area is 119 Å². The molecule has 0 aliphatic heterocycles. The third-order valence-corrected chi connectivity index (χ3v) is 3.40. The number of alkyl halides is 2. The van der Waals surface area contributed by atoms with Crippen LogP contribution in [0.3, 0.4) is 0 Å². The van der Waals surface area contributed by atoms with Crippen LogP contribution < -0.4 is 0 Å². The number of halogens is 2. The van der Waals surface area contributed by atoms with Gasteiger partial charge in [0.25, 0.3) is 0 Å². The van der Waals surface area contributed by atoms with E-state index in [9.17, 15) is 4.79 Å². The molecule has 0 amide bonds. The summed E-state index contributed by atoms with van der Waals surface area (Å²) in [5, 5.41) is 0. The second-order valence-corrected chi connectivity index (χ2v) is 5.01. The van der Waals surface area contributed by atoms with Gasteiger partial charge in [-0.25, -0.2) is 0 Å². The number of methoxy groups -OCH3 is 1. The van der Waals surface area contributed by atoms with Crippen LogP contribution in [-0.2, 0) is 9.53 Å². The Bertz CT molecular complexity index is 379. The van der Waals surface area contributed by atoms with E-state index < -0.39 is 5.60 Å². The molecule has 0 radical (unpaired) electrons. The fraction of sp³-hybridized carbons (Fsp3) is 0.643. The first-order chi connectivity index (χ1) is 8.67. The molecule has 1 aliphatic rings. The maximum atomic E-state index is 11.9. The Morgan fingerprint density at radius 1 is 1.39 bits per heavy atom. The molecule has 0 saturated heterocycles. The molecule has 2 nitrogen and oxygen atoms in total. The van der Waals surface area contributed by atoms with Crippen LogP contribution in [0, 0.1) is 11.8 Å². The van der Waals surface area contributed by atoms with Crippen LogP contribution in [0.4, 0.5) is 0 Å². The zero-order chi connectivity index (χ0) is 13.4. The van der Waals surface area contributed by atoms with Crippen molar-refractivity contribution in [1.82, 2.24) is 0 Å². The summed E-state index contributed by atoms with van der Waals surface area (Å²) in [4.78, 5) is 11.9. The van der Waals surface area contributed by atoms with E-state index in [1.54, 1.807) is 7.11 Å². The van der Waals surface area contributed by atoms with Gasteiger partial charge < -0.3 is 4.74 Å². The Morgan fingerprint density at radius 3 is 2.72 bits per heavy atom. The summed E-state index contributed by atoms with van der Waals surface area (Å²) in [7, 11) is 1.59. The molecule has 0 saturated carbocycles. The average molecular weight is 289 g/mol. The number of allylic oxidation sites excluding steroid dienone is 1. The minimum absolute atomic E-state index is 0.119. The van der Waals surface area contributed by atoms with Gasteiger partial charge in [-0.2, -0.15) is 0 Å². The SMILES string of the molecule is CO[C@]1(C#CCCCCl)C=C(CCCCl)C(=O)C1. The number of Topliss-reactive ketones (excluding diaryl/α,β-unsaturated/α-hetero) is 1. The Balaban J connectivity index is 2.73. The maximum Gasteiger partial charge on any atom is 0.162 e. The highest BCUT2D eigenvalue weighted by molar-refractivity contribution is 6.18. The standard InChI is InChI=1S/C14H18Cl2O2/c1-18-14(7-3-2-4-8-15)10-12(6-5-9-16)13(17)11-14/h10H,2,4-6,8-9,11H2,1H3/t14-/m1/s1. The van der Waals surface area contributed by atoms with E-state index in [0.717, 1.165) is 24.8 Å². The largest absolute Gasteiger partial charge is 0.361 e. The minimum Gasteiger partial charge on any atom is -0.361 e. The highest BCUT2D eigenvalue weighted by atomic mass is 35.5. The summed E-state index contributed by atoms with van der Waals surface area (Å²) in [6.07, 6.45) is 5.26. The lowest BCUT2D eigenvalue weighted by Crippen LogP contribution is -2.25. The van der Waals surface area contributed by atoms with E-state index in [2.05, 4.69) is 11.8 Å². The summed E-state index contributed by atoms with van der Waals surface area (Å²) in [5.41, 5.74) is 0.0644. The number of carbonyl (C=O) groups excluding carboxylic acids is 1. The monoisotopic (exact) mass is 288 g/mol. The van der Waals surface area contributed by atoms with E-state index in [-0.39, 0.29) is 5.78 Å². The van der Waals surface area contributed by atoms with E-state index in [1.807, 2.05) is 6.08 Å². The van der Waals surface area contributed by atoms with Gasteiger partial charge in [-0.3, -0.25) is 4.79 Å². The van der Waals surface area contributed by atoms with Crippen LogP contribution in [0.1, 0.15) is 32.1 Å². The minimum atomic E-state index is -0.731. The van der Waals surface area contributed by atoms with Crippen LogP contribution in [0.25, 0.3) is 0 Å². The van der Waals surface area contributed by atoms with Crippen LogP contribution >= 0.6 is 23.2 Å². The molecule has 100 valence electrons. The number of hydrogen-bond donors (Lipinski definition) is 0. The molecule has 0 bridgehead atoms. The van der Waals surface area contributed by atoms with E-state index in [0.29, 0.717) is 24.6 Å². The third-order valence-electron chi connectivity index (χ3n) is 2.87. The number of carbonyl (C=O) groups is 1. The molecule has 0 unspecified atom stereocenters. The average Bonchev–Trinajstić information content (AvgIpc) is 2.70. The van der Waals surface area contributed by atoms with Gasteiger partial charge in [0.15, 0.2) is 11.4 Å². The van der Waals surface area contributed by atoms with Gasteiger partial charge in [0.05, 0.1) is 6.42 Å². The highest BCUT2D eigenvalue weighted by Crippen LogP contribution is 2.30. The van der Waals surface area contributed by atoms with Gasteiger partial charge in [-0.05, 0) is 30.9 Å². The van der Waals surface area contributed by atoms with Gasteiger partial charge in [0.2, 0.25) is 0 Å². The summed E-state index contributed by atoms with van der Waals surface area (Å²) in [6.45, 7) is 0. The lowest BCUT2D eigenvalue weighted by molar-refractivity contribution is -0.117. The fourth-order valence-electron chi connectivity index (χ4n) is 1.86. The first-order valence-corrected chi connectivity index (χ1v) is 7.16. The number of ether oxygens (including phenoxy) is 1. The van der Waals surface area contributed by atoms with Gasteiger partial charge in [-0.15, -0.1) is 23.2 Å². The normalized spacial score (nSPS) is 22.6. The first-order valence-electron chi connectivity index (χ1n) is 6.09. The van der Waals surface area contributed by atoms with Crippen molar-refractivity contribution in [2.75, 3.05) is 18.9 Å². The van der Waals surface area contributed by atoms with Crippen LogP contribution in [-0.4, -0.2) is 30.3 Å². The summed E-state index contributed by atoms with van der Waals surface area (Å²) in [6, 6.07) is 0. The summed E-state index contributed by atoms with van der Waals surface area (Å²) >= 11 is 11.2. The van der Waals surface area contributed by atoms with Crippen molar-refractivity contribution < 1.29 is 9.53 Å². The number of unbranched alkanes of at least 4 members (excludes halogenated alkanes) is 1. The van der Waals surface area contributed by atoms with Crippen molar-refractivity contribution in [3.63, 3.8) is 0 Å². The highest BCUT2D eigenvalue weighted by Gasteiger charge is 2.36. The van der Waals surface area contributed by atoms with E-state index >= 15 is 0 Å². The molecule has 1 aliphatic carbocycles. The molecule has 18 heavy (non-hydrogen) atoms. The van der Waals surface area contributed by atoms with Crippen molar-refractivity contribution in [1.29, 1.82) is 0 Å². The quantitative estimate of drug-likeness (QED) is 0.426. The lowest BCUT2D eigenvalue weighted by atomic mass is 10.0. The molecule has 0 aromatic carbocycles. The van der Waals surface area contributed by atoms with Gasteiger partial charge in [-0.1, -0.05) is 11.8 Å². The van der Waals surface area contributed by atoms with Crippen molar-refractivity contribution in [2.24, 2.45) is 0 Å². The zero-order valence-electron chi connectivity index (χ0n) is 10.6. The van der Waals surface area contributed by atoms with Gasteiger partial charge in [0, 0.05) is 25.3 Å². The Morgan fingerprint density at radius 2 is 2.11 bits per heavy atom. The molecule has 1 atom stereocenters. The molecular weight excluding hydrogens is 271 g/mol. The number of rotatable bonds is 6. The second kappa shape index (κ2) is 7.84. The maximum absolute atomic E-state index is 11.9. The van der Waals surface area contributed by atoms with Crippen molar-refractivity contribution >= 4 is 29.0 Å². The smallest absolute Gasteiger partial charge is 0.162 e. The molecule has 0 N–H and O–H groups in total. The fourth-order valence-corrected chi connectivity index (χ4v) is 2.13. The molecule has 0 heterocycles. The van der Waals surface area contributed by atoms with Crippen LogP contribution in [0.2, 0.25) is 0 Å². The Hall–Kier alpha value is -0.490. The zero-order valence-corrected chi connectivity index (χ0v) is 12.1. The lowest BCUT2D eigenvalue weighted by Gasteiger charge is -2.17. The van der Waals surface area contributed by atoms with Crippen LogP contribution in [0.15, 0.2) is 11.6 Å². The second-order valence-electron chi connectivity index (χ2n) is 4.25. The molecule has 0 fully saturated rings. The van der Waals surface area contributed by atoms with Crippen molar-refractivity contribution in [3.05, 3.63) is 11.6 Å².